The Labute approximate surface area is 146 Å². The van der Waals surface area contributed by atoms with Gasteiger partial charge in [-0.3, -0.25) is 14.9 Å². The van der Waals surface area contributed by atoms with Gasteiger partial charge < -0.3 is 15.0 Å². The van der Waals surface area contributed by atoms with Crippen LogP contribution in [0.4, 0.5) is 5.69 Å². The maximum Gasteiger partial charge on any atom is 0.312 e. The van der Waals surface area contributed by atoms with Gasteiger partial charge >= 0.3 is 5.69 Å². The molecule has 1 N–H and O–H groups in total. The molecule has 1 aliphatic rings. The molecule has 1 aromatic carbocycles. The second kappa shape index (κ2) is 8.84. The van der Waals surface area contributed by atoms with Gasteiger partial charge in [0.05, 0.1) is 18.0 Å². The number of ether oxygens (including phenoxy) is 1. The molecule has 1 aromatic rings. The van der Waals surface area contributed by atoms with Gasteiger partial charge in [0.15, 0.2) is 5.75 Å². The van der Waals surface area contributed by atoms with E-state index in [0.29, 0.717) is 6.54 Å². The number of amides is 1. The third kappa shape index (κ3) is 4.82. The Morgan fingerprint density at radius 1 is 1.54 bits per heavy atom. The number of nitro groups is 1. The van der Waals surface area contributed by atoms with Crippen molar-refractivity contribution in [2.75, 3.05) is 26.2 Å². The van der Waals surface area contributed by atoms with E-state index in [2.05, 4.69) is 5.32 Å². The summed E-state index contributed by atoms with van der Waals surface area (Å²) in [5, 5.41) is 14.6. The van der Waals surface area contributed by atoms with Gasteiger partial charge in [-0.15, -0.1) is 0 Å². The number of rotatable bonds is 8. The standard InChI is InChI=1S/C16H22ClN3O4/c1-2-8-19(13-5-7-18-11-13)16(21)6-9-24-15-4-3-12(17)10-14(15)20(22)23/h3-4,10,13,18H,2,5-9,11H2,1H3. The molecule has 0 bridgehead atoms. The van der Waals surface area contributed by atoms with E-state index in [1.165, 1.54) is 18.2 Å². The van der Waals surface area contributed by atoms with E-state index in [4.69, 9.17) is 16.3 Å². The lowest BCUT2D eigenvalue weighted by atomic mass is 10.2. The van der Waals surface area contributed by atoms with Crippen LogP contribution in [0.2, 0.25) is 5.02 Å². The first-order chi connectivity index (χ1) is 11.5. The molecule has 0 spiro atoms. The van der Waals surface area contributed by atoms with Crippen LogP contribution in [0.15, 0.2) is 18.2 Å². The molecule has 0 aliphatic carbocycles. The number of hydrogen-bond donors (Lipinski definition) is 1. The Hall–Kier alpha value is -1.86. The fourth-order valence-electron chi connectivity index (χ4n) is 2.80. The second-order valence-electron chi connectivity index (χ2n) is 5.70. The van der Waals surface area contributed by atoms with E-state index in [1.54, 1.807) is 0 Å². The van der Waals surface area contributed by atoms with Crippen LogP contribution in [-0.4, -0.2) is 48.0 Å². The molecular weight excluding hydrogens is 334 g/mol. The van der Waals surface area contributed by atoms with Crippen LogP contribution in [0.25, 0.3) is 0 Å². The van der Waals surface area contributed by atoms with Gasteiger partial charge in [0.25, 0.3) is 0 Å². The molecule has 1 aliphatic heterocycles. The Balaban J connectivity index is 1.92. The molecule has 0 radical (unpaired) electrons. The van der Waals surface area contributed by atoms with Crippen molar-refractivity contribution in [1.82, 2.24) is 10.2 Å². The average Bonchev–Trinajstić information content (AvgIpc) is 3.07. The van der Waals surface area contributed by atoms with Gasteiger partial charge in [0.1, 0.15) is 0 Å². The number of benzene rings is 1. The van der Waals surface area contributed by atoms with E-state index in [-0.39, 0.29) is 41.4 Å². The van der Waals surface area contributed by atoms with Crippen molar-refractivity contribution in [3.63, 3.8) is 0 Å². The minimum atomic E-state index is -0.545. The van der Waals surface area contributed by atoms with Crippen LogP contribution >= 0.6 is 11.6 Å². The first-order valence-corrected chi connectivity index (χ1v) is 8.47. The van der Waals surface area contributed by atoms with E-state index < -0.39 is 4.92 Å². The SMILES string of the molecule is CCCN(C(=O)CCOc1ccc(Cl)cc1[N+](=O)[O-])C1CCNC1. The van der Waals surface area contributed by atoms with Gasteiger partial charge in [-0.25, -0.2) is 0 Å². The van der Waals surface area contributed by atoms with Crippen molar-refractivity contribution >= 4 is 23.2 Å². The zero-order chi connectivity index (χ0) is 17.5. The molecule has 1 saturated heterocycles. The van der Waals surface area contributed by atoms with Crippen LogP contribution in [0.5, 0.6) is 5.75 Å². The summed E-state index contributed by atoms with van der Waals surface area (Å²) in [6.45, 7) is 4.59. The molecule has 0 saturated carbocycles. The summed E-state index contributed by atoms with van der Waals surface area (Å²) in [5.74, 6) is 0.143. The van der Waals surface area contributed by atoms with Crippen LogP contribution in [0.3, 0.4) is 0 Å². The van der Waals surface area contributed by atoms with Crippen molar-refractivity contribution < 1.29 is 14.5 Å². The van der Waals surface area contributed by atoms with E-state index >= 15 is 0 Å². The van der Waals surface area contributed by atoms with E-state index in [0.717, 1.165) is 25.9 Å². The van der Waals surface area contributed by atoms with Crippen molar-refractivity contribution in [1.29, 1.82) is 0 Å². The lowest BCUT2D eigenvalue weighted by molar-refractivity contribution is -0.385. The topological polar surface area (TPSA) is 84.7 Å². The lowest BCUT2D eigenvalue weighted by Crippen LogP contribution is -2.42. The van der Waals surface area contributed by atoms with Crippen molar-refractivity contribution in [3.05, 3.63) is 33.3 Å². The molecule has 1 heterocycles. The summed E-state index contributed by atoms with van der Waals surface area (Å²) >= 11 is 5.77. The summed E-state index contributed by atoms with van der Waals surface area (Å²) in [4.78, 5) is 24.8. The van der Waals surface area contributed by atoms with Crippen molar-refractivity contribution in [2.24, 2.45) is 0 Å². The molecule has 0 aromatic heterocycles. The van der Waals surface area contributed by atoms with Gasteiger partial charge in [-0.05, 0) is 31.5 Å². The van der Waals surface area contributed by atoms with Gasteiger partial charge in [-0.2, -0.15) is 0 Å². The molecule has 1 atom stereocenters. The molecule has 1 fully saturated rings. The third-order valence-electron chi connectivity index (χ3n) is 3.95. The largest absolute Gasteiger partial charge is 0.486 e. The van der Waals surface area contributed by atoms with E-state index in [9.17, 15) is 14.9 Å². The third-order valence-corrected chi connectivity index (χ3v) is 4.19. The zero-order valence-corrected chi connectivity index (χ0v) is 14.4. The number of carbonyl (C=O) groups excluding carboxylic acids is 1. The zero-order valence-electron chi connectivity index (χ0n) is 13.7. The molecule has 1 amide bonds. The number of nitrogens with one attached hydrogen (secondary N) is 1. The molecule has 132 valence electrons. The van der Waals surface area contributed by atoms with Crippen molar-refractivity contribution in [3.8, 4) is 5.75 Å². The fourth-order valence-corrected chi connectivity index (χ4v) is 2.97. The van der Waals surface area contributed by atoms with Gasteiger partial charge in [0.2, 0.25) is 5.91 Å². The van der Waals surface area contributed by atoms with Crippen LogP contribution in [0.1, 0.15) is 26.2 Å². The number of nitrogens with zero attached hydrogens (tertiary/aromatic N) is 2. The second-order valence-corrected chi connectivity index (χ2v) is 6.14. The number of halogens is 1. The Kier molecular flexibility index (Phi) is 6.81. The van der Waals surface area contributed by atoms with Crippen LogP contribution in [0, 0.1) is 10.1 Å². The highest BCUT2D eigenvalue weighted by Crippen LogP contribution is 2.30. The normalized spacial score (nSPS) is 16.8. The van der Waals surface area contributed by atoms with Gasteiger partial charge in [-0.1, -0.05) is 18.5 Å². The monoisotopic (exact) mass is 355 g/mol. The minimum Gasteiger partial charge on any atom is -0.486 e. The Morgan fingerprint density at radius 2 is 2.33 bits per heavy atom. The highest BCUT2D eigenvalue weighted by Gasteiger charge is 2.25. The first-order valence-electron chi connectivity index (χ1n) is 8.09. The summed E-state index contributed by atoms with van der Waals surface area (Å²) < 4.78 is 5.45. The lowest BCUT2D eigenvalue weighted by Gasteiger charge is -2.28. The highest BCUT2D eigenvalue weighted by molar-refractivity contribution is 6.30. The van der Waals surface area contributed by atoms with Gasteiger partial charge in [0, 0.05) is 30.2 Å². The molecule has 7 nitrogen and oxygen atoms in total. The summed E-state index contributed by atoms with van der Waals surface area (Å²) in [7, 11) is 0. The van der Waals surface area contributed by atoms with Crippen LogP contribution in [-0.2, 0) is 4.79 Å². The van der Waals surface area contributed by atoms with Crippen molar-refractivity contribution in [2.45, 2.75) is 32.2 Å². The first kappa shape index (κ1) is 18.5. The maximum atomic E-state index is 12.4. The predicted molar refractivity (Wildman–Crippen MR) is 91.5 cm³/mol. The predicted octanol–water partition coefficient (Wildman–Crippen LogP) is 2.62. The Bertz CT molecular complexity index is 591. The number of hydrogen-bond acceptors (Lipinski definition) is 5. The molecule has 1 unspecified atom stereocenters. The Morgan fingerprint density at radius 3 is 2.96 bits per heavy atom. The molecule has 2 rings (SSSR count). The summed E-state index contributed by atoms with van der Waals surface area (Å²) in [6.07, 6.45) is 2.04. The molecule has 24 heavy (non-hydrogen) atoms. The fraction of sp³-hybridized carbons (Fsp3) is 0.562. The maximum absolute atomic E-state index is 12.4. The average molecular weight is 356 g/mol. The van der Waals surface area contributed by atoms with E-state index in [1.807, 2.05) is 11.8 Å². The quantitative estimate of drug-likeness (QED) is 0.572. The summed E-state index contributed by atoms with van der Waals surface area (Å²) in [6, 6.07) is 4.45. The highest BCUT2D eigenvalue weighted by atomic mass is 35.5. The smallest absolute Gasteiger partial charge is 0.312 e. The summed E-state index contributed by atoms with van der Waals surface area (Å²) in [5.41, 5.74) is -0.194. The molecular formula is C16H22ClN3O4. The number of nitro benzene ring substituents is 1. The minimum absolute atomic E-state index is 0.0159. The molecule has 8 heteroatoms. The number of carbonyl (C=O) groups is 1. The van der Waals surface area contributed by atoms with Crippen LogP contribution < -0.4 is 10.1 Å².